The van der Waals surface area contributed by atoms with Gasteiger partial charge in [-0.05, 0) is 30.7 Å². The van der Waals surface area contributed by atoms with E-state index in [1.54, 1.807) is 0 Å². The first kappa shape index (κ1) is 19.6. The molecule has 0 saturated carbocycles. The lowest BCUT2D eigenvalue weighted by molar-refractivity contribution is -0.305. The summed E-state index contributed by atoms with van der Waals surface area (Å²) in [5.74, 6) is -1.80. The topological polar surface area (TPSA) is 107 Å². The zero-order chi connectivity index (χ0) is 18.2. The minimum absolute atomic E-state index is 0.0685. The fourth-order valence-corrected chi connectivity index (χ4v) is 3.24. The van der Waals surface area contributed by atoms with Gasteiger partial charge in [-0.1, -0.05) is 12.2 Å². The second-order valence-corrected chi connectivity index (χ2v) is 6.78. The van der Waals surface area contributed by atoms with Crippen LogP contribution in [-0.2, 0) is 19.6 Å². The second kappa shape index (κ2) is 8.99. The number of nitrogens with one attached hydrogen (secondary N) is 1. The zero-order valence-electron chi connectivity index (χ0n) is 13.1. The molecule has 0 bridgehead atoms. The van der Waals surface area contributed by atoms with Crippen LogP contribution in [0, 0.1) is 0 Å². The van der Waals surface area contributed by atoms with Crippen LogP contribution in [0.15, 0.2) is 54.5 Å². The molecule has 0 aromatic heterocycles. The number of aliphatic carboxylic acids is 1. The molecule has 0 spiro atoms. The third-order valence-electron chi connectivity index (χ3n) is 3.00. The first-order valence-electron chi connectivity index (χ1n) is 7.13. The monoisotopic (exact) mass is 351 g/mol. The van der Waals surface area contributed by atoms with Crippen molar-refractivity contribution in [2.75, 3.05) is 18.4 Å². The molecule has 1 rings (SSSR count). The largest absolute Gasteiger partial charge is 0.550 e. The van der Waals surface area contributed by atoms with E-state index in [-0.39, 0.29) is 30.8 Å². The van der Waals surface area contributed by atoms with E-state index in [9.17, 15) is 23.1 Å². The standard InChI is InChI=1S/C16H20N2O5S/c1-3-11-18(12-4-2)24(22,23)14-7-5-13(6-8-14)17-15(19)9-10-16(20)21/h3-8H,1-2,9-12H2,(H,17,19)(H,20,21)/p-1. The number of carboxylic acid groups (broad SMARTS) is 1. The quantitative estimate of drug-likeness (QED) is 0.619. The number of nitrogens with zero attached hydrogens (tertiary/aromatic N) is 1. The Bertz CT molecular complexity index is 700. The summed E-state index contributed by atoms with van der Waals surface area (Å²) in [6, 6.07) is 5.60. The number of carboxylic acids is 1. The summed E-state index contributed by atoms with van der Waals surface area (Å²) in [7, 11) is -3.70. The van der Waals surface area contributed by atoms with Gasteiger partial charge in [-0.15, -0.1) is 13.2 Å². The van der Waals surface area contributed by atoms with Gasteiger partial charge in [0.1, 0.15) is 0 Å². The maximum atomic E-state index is 12.5. The molecule has 8 heteroatoms. The lowest BCUT2D eigenvalue weighted by Crippen LogP contribution is -2.31. The van der Waals surface area contributed by atoms with Crippen LogP contribution in [0.5, 0.6) is 0 Å². The van der Waals surface area contributed by atoms with Crippen LogP contribution in [0.2, 0.25) is 0 Å². The van der Waals surface area contributed by atoms with E-state index in [0.717, 1.165) is 0 Å². The van der Waals surface area contributed by atoms with Crippen molar-refractivity contribution in [1.82, 2.24) is 4.31 Å². The average Bonchev–Trinajstić information content (AvgIpc) is 2.53. The smallest absolute Gasteiger partial charge is 0.243 e. The summed E-state index contributed by atoms with van der Waals surface area (Å²) >= 11 is 0. The van der Waals surface area contributed by atoms with Crippen molar-refractivity contribution in [2.45, 2.75) is 17.7 Å². The van der Waals surface area contributed by atoms with Crippen molar-refractivity contribution < 1.29 is 23.1 Å². The number of anilines is 1. The van der Waals surface area contributed by atoms with Crippen molar-refractivity contribution >= 4 is 27.6 Å². The summed E-state index contributed by atoms with van der Waals surface area (Å²) in [5, 5.41) is 12.8. The highest BCUT2D eigenvalue weighted by Crippen LogP contribution is 2.18. The van der Waals surface area contributed by atoms with Crippen molar-refractivity contribution in [3.8, 4) is 0 Å². The highest BCUT2D eigenvalue weighted by atomic mass is 32.2. The molecule has 0 aliphatic carbocycles. The summed E-state index contributed by atoms with van der Waals surface area (Å²) in [6.07, 6.45) is 2.37. The molecule has 24 heavy (non-hydrogen) atoms. The van der Waals surface area contributed by atoms with E-state index in [4.69, 9.17) is 0 Å². The summed E-state index contributed by atoms with van der Waals surface area (Å²) < 4.78 is 26.2. The Hall–Kier alpha value is -2.45. The van der Waals surface area contributed by atoms with Gasteiger partial charge >= 0.3 is 0 Å². The Morgan fingerprint density at radius 1 is 1.08 bits per heavy atom. The number of hydrogen-bond acceptors (Lipinski definition) is 5. The number of benzene rings is 1. The fourth-order valence-electron chi connectivity index (χ4n) is 1.86. The van der Waals surface area contributed by atoms with Gasteiger partial charge in [0.2, 0.25) is 15.9 Å². The molecule has 1 N–H and O–H groups in total. The summed E-state index contributed by atoms with van der Waals surface area (Å²) in [5.41, 5.74) is 0.372. The molecule has 0 saturated heterocycles. The van der Waals surface area contributed by atoms with Gasteiger partial charge in [-0.25, -0.2) is 8.42 Å². The van der Waals surface area contributed by atoms with Gasteiger partial charge in [-0.2, -0.15) is 4.31 Å². The first-order chi connectivity index (χ1) is 11.3. The van der Waals surface area contributed by atoms with Crippen LogP contribution in [0.25, 0.3) is 0 Å². The Balaban J connectivity index is 2.85. The molecule has 0 fully saturated rings. The van der Waals surface area contributed by atoms with E-state index >= 15 is 0 Å². The number of rotatable bonds is 10. The molecule has 0 atom stereocenters. The number of carbonyl (C=O) groups excluding carboxylic acids is 2. The molecular formula is C16H19N2O5S-. The van der Waals surface area contributed by atoms with Gasteiger partial charge in [0.25, 0.3) is 0 Å². The maximum absolute atomic E-state index is 12.5. The zero-order valence-corrected chi connectivity index (χ0v) is 13.9. The van der Waals surface area contributed by atoms with Crippen LogP contribution in [0.3, 0.4) is 0 Å². The van der Waals surface area contributed by atoms with Crippen molar-refractivity contribution in [2.24, 2.45) is 0 Å². The van der Waals surface area contributed by atoms with Gasteiger partial charge in [-0.3, -0.25) is 4.79 Å². The van der Waals surface area contributed by atoms with Gasteiger partial charge in [0, 0.05) is 31.2 Å². The SMILES string of the molecule is C=CCN(CC=C)S(=O)(=O)c1ccc(NC(=O)CCC(=O)[O-])cc1. The fraction of sp³-hybridized carbons (Fsp3) is 0.250. The van der Waals surface area contributed by atoms with E-state index < -0.39 is 21.9 Å². The van der Waals surface area contributed by atoms with Gasteiger partial charge in [0.05, 0.1) is 4.90 Å². The normalized spacial score (nSPS) is 11.0. The predicted molar refractivity (Wildman–Crippen MR) is 88.5 cm³/mol. The lowest BCUT2D eigenvalue weighted by atomic mass is 10.2. The minimum Gasteiger partial charge on any atom is -0.550 e. The lowest BCUT2D eigenvalue weighted by Gasteiger charge is -2.19. The Kier molecular flexibility index (Phi) is 7.34. The molecule has 1 aromatic rings. The first-order valence-corrected chi connectivity index (χ1v) is 8.57. The third-order valence-corrected chi connectivity index (χ3v) is 4.84. The summed E-state index contributed by atoms with van der Waals surface area (Å²) in [6.45, 7) is 7.36. The highest BCUT2D eigenvalue weighted by Gasteiger charge is 2.22. The van der Waals surface area contributed by atoms with E-state index in [1.807, 2.05) is 0 Å². The average molecular weight is 351 g/mol. The Labute approximate surface area is 141 Å². The van der Waals surface area contributed by atoms with Crippen molar-refractivity contribution in [3.05, 3.63) is 49.6 Å². The Morgan fingerprint density at radius 2 is 1.62 bits per heavy atom. The van der Waals surface area contributed by atoms with Gasteiger partial charge < -0.3 is 15.2 Å². The Morgan fingerprint density at radius 3 is 2.08 bits per heavy atom. The molecule has 1 aromatic carbocycles. The number of hydrogen-bond donors (Lipinski definition) is 1. The molecule has 130 valence electrons. The van der Waals surface area contributed by atoms with Crippen LogP contribution in [0.1, 0.15) is 12.8 Å². The molecule has 0 unspecified atom stereocenters. The van der Waals surface area contributed by atoms with Crippen LogP contribution < -0.4 is 10.4 Å². The van der Waals surface area contributed by atoms with Crippen molar-refractivity contribution in [3.63, 3.8) is 0 Å². The predicted octanol–water partition coefficient (Wildman–Crippen LogP) is 0.518. The van der Waals surface area contributed by atoms with E-state index in [0.29, 0.717) is 5.69 Å². The number of amides is 1. The van der Waals surface area contributed by atoms with Gasteiger partial charge in [0.15, 0.2) is 0 Å². The number of carbonyl (C=O) groups is 2. The van der Waals surface area contributed by atoms with E-state index in [2.05, 4.69) is 18.5 Å². The molecule has 0 radical (unpaired) electrons. The highest BCUT2D eigenvalue weighted by molar-refractivity contribution is 7.89. The summed E-state index contributed by atoms with van der Waals surface area (Å²) in [4.78, 5) is 21.9. The molecule has 0 aliphatic heterocycles. The third kappa shape index (κ3) is 5.64. The molecule has 0 aliphatic rings. The van der Waals surface area contributed by atoms with E-state index in [1.165, 1.54) is 40.7 Å². The second-order valence-electron chi connectivity index (χ2n) is 4.84. The molecular weight excluding hydrogens is 332 g/mol. The van der Waals surface area contributed by atoms with Crippen LogP contribution >= 0.6 is 0 Å². The maximum Gasteiger partial charge on any atom is 0.243 e. The molecule has 0 heterocycles. The minimum atomic E-state index is -3.70. The van der Waals surface area contributed by atoms with Crippen molar-refractivity contribution in [1.29, 1.82) is 0 Å². The number of sulfonamides is 1. The van der Waals surface area contributed by atoms with Crippen LogP contribution in [-0.4, -0.2) is 37.7 Å². The van der Waals surface area contributed by atoms with Crippen LogP contribution in [0.4, 0.5) is 5.69 Å². The molecule has 1 amide bonds. The molecule has 7 nitrogen and oxygen atoms in total.